The van der Waals surface area contributed by atoms with Crippen LogP contribution in [0.3, 0.4) is 0 Å². The van der Waals surface area contributed by atoms with Crippen molar-refractivity contribution in [1.82, 2.24) is 4.57 Å². The molecule has 0 bridgehead atoms. The highest BCUT2D eigenvalue weighted by Gasteiger charge is 2.09. The van der Waals surface area contributed by atoms with Gasteiger partial charge in [-0.3, -0.25) is 14.4 Å². The Hall–Kier alpha value is -2.60. The van der Waals surface area contributed by atoms with Crippen molar-refractivity contribution in [2.75, 3.05) is 11.9 Å². The molecule has 0 saturated carbocycles. The number of nitrogens with one attached hydrogen (secondary N) is 1. The van der Waals surface area contributed by atoms with Crippen molar-refractivity contribution in [3.63, 3.8) is 0 Å². The minimum Gasteiger partial charge on any atom is -0.454 e. The number of ether oxygens (including phenoxy) is 1. The van der Waals surface area contributed by atoms with Gasteiger partial charge in [0.05, 0.1) is 0 Å². The monoisotopic (exact) mass is 320 g/mol. The zero-order valence-electron chi connectivity index (χ0n) is 11.5. The number of rotatable bonds is 5. The van der Waals surface area contributed by atoms with Gasteiger partial charge >= 0.3 is 5.97 Å². The van der Waals surface area contributed by atoms with Crippen molar-refractivity contribution >= 4 is 29.2 Å². The Balaban J connectivity index is 1.81. The number of carbonyl (C=O) groups is 2. The van der Waals surface area contributed by atoms with Crippen LogP contribution in [-0.2, 0) is 20.9 Å². The van der Waals surface area contributed by atoms with E-state index >= 15 is 0 Å². The molecule has 1 amide bonds. The van der Waals surface area contributed by atoms with Crippen LogP contribution in [0.5, 0.6) is 0 Å². The second-order valence-corrected chi connectivity index (χ2v) is 4.82. The molecule has 1 N–H and O–H groups in total. The fraction of sp³-hybridized carbons (Fsp3) is 0.133. The van der Waals surface area contributed by atoms with E-state index in [0.717, 1.165) is 0 Å². The second-order valence-electron chi connectivity index (χ2n) is 4.38. The minimum atomic E-state index is -0.667. The topological polar surface area (TPSA) is 77.4 Å². The molecule has 2 aromatic rings. The summed E-state index contributed by atoms with van der Waals surface area (Å²) in [7, 11) is 0. The van der Waals surface area contributed by atoms with E-state index in [1.54, 1.807) is 36.4 Å². The van der Waals surface area contributed by atoms with Gasteiger partial charge in [-0.2, -0.15) is 0 Å². The summed E-state index contributed by atoms with van der Waals surface area (Å²) in [5.74, 6) is -1.14. The number of esters is 1. The van der Waals surface area contributed by atoms with E-state index < -0.39 is 18.5 Å². The summed E-state index contributed by atoms with van der Waals surface area (Å²) in [6.45, 7) is -0.670. The average Bonchev–Trinajstić information content (AvgIpc) is 2.50. The lowest BCUT2D eigenvalue weighted by Gasteiger charge is -2.07. The maximum Gasteiger partial charge on any atom is 0.326 e. The molecular formula is C15H13ClN2O4. The zero-order chi connectivity index (χ0) is 15.9. The van der Waals surface area contributed by atoms with Crippen LogP contribution in [0.4, 0.5) is 5.69 Å². The molecule has 114 valence electrons. The number of hydrogen-bond acceptors (Lipinski definition) is 4. The van der Waals surface area contributed by atoms with Gasteiger partial charge in [0, 0.05) is 23.0 Å². The summed E-state index contributed by atoms with van der Waals surface area (Å²) >= 11 is 5.73. The lowest BCUT2D eigenvalue weighted by atomic mass is 10.3. The van der Waals surface area contributed by atoms with Crippen LogP contribution < -0.4 is 10.9 Å². The van der Waals surface area contributed by atoms with E-state index in [-0.39, 0.29) is 12.1 Å². The third-order valence-corrected chi connectivity index (χ3v) is 2.94. The molecule has 6 nitrogen and oxygen atoms in total. The Morgan fingerprint density at radius 2 is 1.86 bits per heavy atom. The average molecular weight is 321 g/mol. The molecular weight excluding hydrogens is 308 g/mol. The molecule has 0 unspecified atom stereocenters. The number of amides is 1. The van der Waals surface area contributed by atoms with Crippen LogP contribution in [0, 0.1) is 0 Å². The van der Waals surface area contributed by atoms with Gasteiger partial charge in [-0.25, -0.2) is 0 Å². The molecule has 1 heterocycles. The first kappa shape index (κ1) is 15.8. The third kappa shape index (κ3) is 4.75. The molecule has 7 heteroatoms. The summed E-state index contributed by atoms with van der Waals surface area (Å²) in [5, 5.41) is 3.11. The van der Waals surface area contributed by atoms with Gasteiger partial charge in [0.15, 0.2) is 6.61 Å². The van der Waals surface area contributed by atoms with Crippen LogP contribution in [0.2, 0.25) is 5.02 Å². The first-order valence-electron chi connectivity index (χ1n) is 6.41. The van der Waals surface area contributed by atoms with Crippen molar-refractivity contribution in [2.24, 2.45) is 0 Å². The van der Waals surface area contributed by atoms with Gasteiger partial charge in [0.2, 0.25) is 0 Å². The summed E-state index contributed by atoms with van der Waals surface area (Å²) in [5.41, 5.74) is 0.231. The van der Waals surface area contributed by atoms with Gasteiger partial charge in [0.1, 0.15) is 6.54 Å². The zero-order valence-corrected chi connectivity index (χ0v) is 12.2. The van der Waals surface area contributed by atoms with Crippen molar-refractivity contribution < 1.29 is 14.3 Å². The predicted octanol–water partition coefficient (Wildman–Crippen LogP) is 1.68. The van der Waals surface area contributed by atoms with Crippen LogP contribution in [-0.4, -0.2) is 23.1 Å². The molecule has 0 spiro atoms. The Kier molecular flexibility index (Phi) is 5.32. The highest BCUT2D eigenvalue weighted by atomic mass is 35.5. The minimum absolute atomic E-state index is 0.242. The van der Waals surface area contributed by atoms with Gasteiger partial charge in [-0.05, 0) is 30.3 Å². The molecule has 0 fully saturated rings. The molecule has 2 rings (SSSR count). The quantitative estimate of drug-likeness (QED) is 0.850. The fourth-order valence-corrected chi connectivity index (χ4v) is 1.78. The van der Waals surface area contributed by atoms with Crippen LogP contribution in [0.25, 0.3) is 0 Å². The lowest BCUT2D eigenvalue weighted by Crippen LogP contribution is -2.26. The highest BCUT2D eigenvalue weighted by molar-refractivity contribution is 6.30. The maximum absolute atomic E-state index is 11.6. The SMILES string of the molecule is O=C(COC(=O)Cn1ccccc1=O)Nc1ccc(Cl)cc1. The largest absolute Gasteiger partial charge is 0.454 e. The van der Waals surface area contributed by atoms with Gasteiger partial charge < -0.3 is 14.6 Å². The van der Waals surface area contributed by atoms with E-state index in [1.165, 1.54) is 16.8 Å². The summed E-state index contributed by atoms with van der Waals surface area (Å²) in [6, 6.07) is 11.1. The molecule has 0 aliphatic heterocycles. The molecule has 0 aliphatic carbocycles. The Morgan fingerprint density at radius 1 is 1.14 bits per heavy atom. The molecule has 0 aliphatic rings. The smallest absolute Gasteiger partial charge is 0.326 e. The van der Waals surface area contributed by atoms with E-state index in [9.17, 15) is 14.4 Å². The molecule has 0 radical (unpaired) electrons. The number of carbonyl (C=O) groups excluding carboxylic acids is 2. The summed E-state index contributed by atoms with van der Waals surface area (Å²) < 4.78 is 6.02. The number of pyridine rings is 1. The summed E-state index contributed by atoms with van der Waals surface area (Å²) in [4.78, 5) is 34.6. The van der Waals surface area contributed by atoms with Gasteiger partial charge in [0.25, 0.3) is 11.5 Å². The Labute approximate surface area is 131 Å². The van der Waals surface area contributed by atoms with Gasteiger partial charge in [-0.1, -0.05) is 17.7 Å². The van der Waals surface area contributed by atoms with E-state index in [2.05, 4.69) is 5.32 Å². The standard InChI is InChI=1S/C15H13ClN2O4/c16-11-4-6-12(7-5-11)17-13(19)10-22-15(21)9-18-8-2-1-3-14(18)20/h1-8H,9-10H2,(H,17,19). The van der Waals surface area contributed by atoms with Crippen molar-refractivity contribution in [3.8, 4) is 0 Å². The van der Waals surface area contributed by atoms with E-state index in [4.69, 9.17) is 16.3 Å². The van der Waals surface area contributed by atoms with E-state index in [1.807, 2.05) is 0 Å². The predicted molar refractivity (Wildman–Crippen MR) is 81.7 cm³/mol. The summed E-state index contributed by atoms with van der Waals surface area (Å²) in [6.07, 6.45) is 1.47. The third-order valence-electron chi connectivity index (χ3n) is 2.69. The number of aromatic nitrogens is 1. The van der Waals surface area contributed by atoms with Crippen LogP contribution in [0.15, 0.2) is 53.5 Å². The lowest BCUT2D eigenvalue weighted by molar-refractivity contribution is -0.147. The van der Waals surface area contributed by atoms with Crippen LogP contribution >= 0.6 is 11.6 Å². The molecule has 1 aromatic heterocycles. The fourth-order valence-electron chi connectivity index (χ4n) is 1.65. The maximum atomic E-state index is 11.6. The van der Waals surface area contributed by atoms with Gasteiger partial charge in [-0.15, -0.1) is 0 Å². The Morgan fingerprint density at radius 3 is 2.55 bits per heavy atom. The number of hydrogen-bond donors (Lipinski definition) is 1. The number of anilines is 1. The molecule has 1 aromatic carbocycles. The molecule has 22 heavy (non-hydrogen) atoms. The number of benzene rings is 1. The molecule has 0 saturated heterocycles. The highest BCUT2D eigenvalue weighted by Crippen LogP contribution is 2.13. The van der Waals surface area contributed by atoms with E-state index in [0.29, 0.717) is 10.7 Å². The normalized spacial score (nSPS) is 10.0. The number of halogens is 1. The van der Waals surface area contributed by atoms with Crippen molar-refractivity contribution in [1.29, 1.82) is 0 Å². The van der Waals surface area contributed by atoms with Crippen LogP contribution in [0.1, 0.15) is 0 Å². The Bertz CT molecular complexity index is 725. The van der Waals surface area contributed by atoms with Crippen molar-refractivity contribution in [2.45, 2.75) is 6.54 Å². The first-order valence-corrected chi connectivity index (χ1v) is 6.79. The first-order chi connectivity index (χ1) is 10.5. The second kappa shape index (κ2) is 7.42. The number of nitrogens with zero attached hydrogens (tertiary/aromatic N) is 1. The molecule has 0 atom stereocenters. The van der Waals surface area contributed by atoms with Crippen molar-refractivity contribution in [3.05, 3.63) is 64.0 Å².